The Morgan fingerprint density at radius 1 is 0.839 bits per heavy atom. The second-order valence-electron chi connectivity index (χ2n) is 11.5. The smallest absolute Gasteiger partial charge is 0.845 e. The van der Waals surface area contributed by atoms with E-state index in [9.17, 15) is 5.11 Å². The molecule has 0 N–H and O–H groups in total. The average Bonchev–Trinajstić information content (AvgIpc) is 3.43. The molecule has 6 heteroatoms. The van der Waals surface area contributed by atoms with E-state index in [1.807, 2.05) is 6.92 Å². The van der Waals surface area contributed by atoms with E-state index in [1.54, 1.807) is 5.57 Å². The van der Waals surface area contributed by atoms with Gasteiger partial charge in [-0.3, -0.25) is 0 Å². The molecule has 6 rings (SSSR count). The Balaban J connectivity index is 0.00000204. The van der Waals surface area contributed by atoms with Crippen LogP contribution in [0.5, 0.6) is 0 Å². The van der Waals surface area contributed by atoms with Gasteiger partial charge in [0.05, 0.1) is 26.4 Å². The maximum atomic E-state index is 14.4. The fourth-order valence-electron chi connectivity index (χ4n) is 8.84. The van der Waals surface area contributed by atoms with Gasteiger partial charge in [-0.1, -0.05) is 43.9 Å². The van der Waals surface area contributed by atoms with Crippen LogP contribution in [0.4, 0.5) is 0 Å². The van der Waals surface area contributed by atoms with Crippen molar-refractivity contribution in [3.05, 3.63) is 11.6 Å². The van der Waals surface area contributed by atoms with Crippen molar-refractivity contribution < 1.29 is 42.9 Å². The van der Waals surface area contributed by atoms with Gasteiger partial charge in [0.2, 0.25) is 0 Å². The fourth-order valence-corrected chi connectivity index (χ4v) is 8.84. The quantitative estimate of drug-likeness (QED) is 0.455. The average molecular weight is 425 g/mol. The molecule has 5 fully saturated rings. The summed E-state index contributed by atoms with van der Waals surface area (Å²) in [5, 5.41) is 14.4. The summed E-state index contributed by atoms with van der Waals surface area (Å²) in [6.45, 7) is 9.21. The standard InChI is InChI=1S/C25H37O5.Li/c1-21-10-11-24(29-14-15-30-24)16-17(21)4-5-18-19(21)6-8-22(2)20(18)7-9-25(22,26)23(3)27-12-13-28-23;/h4,18-20H,5-16H2,1-3H3;/q-1;+1/t18-,19+,20+,21+,22+,25-;/m1./s1. The van der Waals surface area contributed by atoms with Crippen molar-refractivity contribution in [1.29, 1.82) is 0 Å². The van der Waals surface area contributed by atoms with Crippen LogP contribution in [-0.2, 0) is 18.9 Å². The zero-order valence-electron chi connectivity index (χ0n) is 19.8. The molecule has 0 bridgehead atoms. The zero-order valence-corrected chi connectivity index (χ0v) is 19.8. The summed E-state index contributed by atoms with van der Waals surface area (Å²) in [7, 11) is 0. The van der Waals surface area contributed by atoms with E-state index in [0.717, 1.165) is 58.2 Å². The molecule has 0 unspecified atom stereocenters. The third-order valence-electron chi connectivity index (χ3n) is 10.6. The molecule has 6 atom stereocenters. The third kappa shape index (κ3) is 2.87. The first-order valence-corrected chi connectivity index (χ1v) is 12.2. The molecule has 2 heterocycles. The van der Waals surface area contributed by atoms with E-state index in [4.69, 9.17) is 18.9 Å². The minimum atomic E-state index is -1.15. The molecule has 2 aliphatic heterocycles. The second-order valence-corrected chi connectivity index (χ2v) is 11.5. The molecule has 4 aliphatic carbocycles. The van der Waals surface area contributed by atoms with Crippen LogP contribution in [0.3, 0.4) is 0 Å². The van der Waals surface area contributed by atoms with Crippen molar-refractivity contribution in [2.24, 2.45) is 28.6 Å². The summed E-state index contributed by atoms with van der Waals surface area (Å²) in [5.74, 6) is 0.387. The minimum absolute atomic E-state index is 0. The van der Waals surface area contributed by atoms with Gasteiger partial charge >= 0.3 is 18.9 Å². The van der Waals surface area contributed by atoms with Crippen molar-refractivity contribution in [2.45, 2.75) is 89.3 Å². The summed E-state index contributed by atoms with van der Waals surface area (Å²) >= 11 is 0. The van der Waals surface area contributed by atoms with E-state index in [-0.39, 0.29) is 35.5 Å². The third-order valence-corrected chi connectivity index (χ3v) is 10.6. The molecule has 31 heavy (non-hydrogen) atoms. The summed E-state index contributed by atoms with van der Waals surface area (Å²) in [6.07, 6.45) is 10.5. The predicted molar refractivity (Wildman–Crippen MR) is 109 cm³/mol. The summed E-state index contributed by atoms with van der Waals surface area (Å²) in [6, 6.07) is 0. The zero-order chi connectivity index (χ0) is 20.8. The molecule has 3 saturated carbocycles. The Morgan fingerprint density at radius 2 is 1.48 bits per heavy atom. The van der Waals surface area contributed by atoms with Gasteiger partial charge in [-0.15, -0.1) is 0 Å². The van der Waals surface area contributed by atoms with E-state index in [0.29, 0.717) is 37.4 Å². The molecule has 0 aromatic rings. The van der Waals surface area contributed by atoms with Crippen LogP contribution >= 0.6 is 0 Å². The maximum Gasteiger partial charge on any atom is 1.00 e. The molecule has 6 aliphatic rings. The van der Waals surface area contributed by atoms with Crippen LogP contribution in [0.2, 0.25) is 0 Å². The molecule has 0 radical (unpaired) electrons. The number of hydrogen-bond acceptors (Lipinski definition) is 5. The van der Waals surface area contributed by atoms with Crippen LogP contribution < -0.4 is 24.0 Å². The first-order chi connectivity index (χ1) is 14.3. The molecule has 0 aromatic heterocycles. The van der Waals surface area contributed by atoms with Crippen molar-refractivity contribution in [2.75, 3.05) is 26.4 Å². The van der Waals surface area contributed by atoms with E-state index in [1.165, 1.54) is 0 Å². The summed E-state index contributed by atoms with van der Waals surface area (Å²) in [4.78, 5) is 0. The van der Waals surface area contributed by atoms with Crippen LogP contribution in [0.1, 0.15) is 72.1 Å². The maximum absolute atomic E-state index is 14.4. The van der Waals surface area contributed by atoms with Crippen LogP contribution in [0, 0.1) is 28.6 Å². The van der Waals surface area contributed by atoms with Gasteiger partial charge in [-0.05, 0) is 61.2 Å². The van der Waals surface area contributed by atoms with Crippen LogP contribution in [-0.4, -0.2) is 43.6 Å². The molecular formula is C25H37LiO5. The van der Waals surface area contributed by atoms with Gasteiger partial charge in [0, 0.05) is 12.8 Å². The monoisotopic (exact) mass is 424 g/mol. The van der Waals surface area contributed by atoms with Crippen molar-refractivity contribution in [3.63, 3.8) is 0 Å². The molecule has 1 spiro atoms. The summed E-state index contributed by atoms with van der Waals surface area (Å²) < 4.78 is 24.0. The number of hydrogen-bond donors (Lipinski definition) is 0. The van der Waals surface area contributed by atoms with Crippen molar-refractivity contribution >= 4 is 0 Å². The Labute approximate surface area is 198 Å². The normalized spacial score (nSPS) is 49.7. The Hall–Kier alpha value is 0.137. The molecule has 5 nitrogen and oxygen atoms in total. The molecular weight excluding hydrogens is 387 g/mol. The minimum Gasteiger partial charge on any atom is -0.845 e. The van der Waals surface area contributed by atoms with Gasteiger partial charge in [0.1, 0.15) is 0 Å². The number of allylic oxidation sites excluding steroid dienone is 1. The first kappa shape index (κ1) is 22.9. The number of ether oxygens (including phenoxy) is 4. The van der Waals surface area contributed by atoms with E-state index >= 15 is 0 Å². The number of fused-ring (bicyclic) bond motifs is 5. The second kappa shape index (κ2) is 7.32. The number of rotatable bonds is 1. The molecule has 2 saturated heterocycles. The van der Waals surface area contributed by atoms with Gasteiger partial charge in [0.15, 0.2) is 11.6 Å². The van der Waals surface area contributed by atoms with E-state index in [2.05, 4.69) is 19.9 Å². The van der Waals surface area contributed by atoms with Gasteiger partial charge < -0.3 is 24.1 Å². The van der Waals surface area contributed by atoms with Gasteiger partial charge in [-0.25, -0.2) is 0 Å². The van der Waals surface area contributed by atoms with E-state index < -0.39 is 11.4 Å². The van der Waals surface area contributed by atoms with Gasteiger partial charge in [-0.2, -0.15) is 0 Å². The Bertz CT molecular complexity index is 757. The van der Waals surface area contributed by atoms with Gasteiger partial charge in [0.25, 0.3) is 0 Å². The first-order valence-electron chi connectivity index (χ1n) is 12.2. The molecule has 0 aromatic carbocycles. The van der Waals surface area contributed by atoms with Crippen LogP contribution in [0.25, 0.3) is 0 Å². The molecule has 0 amide bonds. The summed E-state index contributed by atoms with van der Waals surface area (Å²) in [5.41, 5.74) is 0.367. The van der Waals surface area contributed by atoms with Crippen molar-refractivity contribution in [3.8, 4) is 0 Å². The fraction of sp³-hybridized carbons (Fsp3) is 0.920. The SMILES string of the molecule is CC1([C@@]2([O-])CC[C@H]3[C@@H]4CC=C5CC6(CC[C@]5(C)[C@H]4CC[C@@]32C)OCCO6)OCCO1.[Li+]. The topological polar surface area (TPSA) is 60.0 Å². The van der Waals surface area contributed by atoms with Crippen molar-refractivity contribution in [1.82, 2.24) is 0 Å². The Morgan fingerprint density at radius 3 is 2.19 bits per heavy atom. The largest absolute Gasteiger partial charge is 1.00 e. The predicted octanol–water partition coefficient (Wildman–Crippen LogP) is 0.558. The van der Waals surface area contributed by atoms with Crippen LogP contribution in [0.15, 0.2) is 11.6 Å². The molecule has 168 valence electrons. The Kier molecular flexibility index (Phi) is 5.41.